The van der Waals surface area contributed by atoms with Gasteiger partial charge >= 0.3 is 0 Å². The van der Waals surface area contributed by atoms with Gasteiger partial charge in [0.2, 0.25) is 0 Å². The largest absolute Gasteiger partial charge is 0.456 e. The van der Waals surface area contributed by atoms with Crippen molar-refractivity contribution in [3.05, 3.63) is 83.9 Å². The third kappa shape index (κ3) is 2.31. The minimum absolute atomic E-state index is 0.782. The first-order valence-corrected chi connectivity index (χ1v) is 9.99. The molecular formula is C24H13ClOS. The first-order chi connectivity index (χ1) is 13.3. The fourth-order valence-electron chi connectivity index (χ4n) is 3.84. The fraction of sp³-hybridized carbons (Fsp3) is 0. The molecule has 4 aromatic carbocycles. The summed E-state index contributed by atoms with van der Waals surface area (Å²) < 4.78 is 8.56. The van der Waals surface area contributed by atoms with E-state index < -0.39 is 0 Å². The van der Waals surface area contributed by atoms with Crippen LogP contribution in [0.5, 0.6) is 0 Å². The minimum atomic E-state index is 0.782. The first kappa shape index (κ1) is 15.3. The Bertz CT molecular complexity index is 1490. The Morgan fingerprint density at radius 3 is 2.33 bits per heavy atom. The maximum atomic E-state index is 6.16. The summed E-state index contributed by atoms with van der Waals surface area (Å²) in [6, 6.07) is 27.4. The molecule has 0 N–H and O–H groups in total. The Morgan fingerprint density at radius 1 is 0.593 bits per heavy atom. The lowest BCUT2D eigenvalue weighted by atomic mass is 10.0. The van der Waals surface area contributed by atoms with Crippen LogP contribution in [0.2, 0.25) is 5.02 Å². The van der Waals surface area contributed by atoms with Crippen molar-refractivity contribution >= 4 is 65.0 Å². The molecule has 0 atom stereocenters. The molecule has 0 amide bonds. The van der Waals surface area contributed by atoms with Crippen LogP contribution in [0.1, 0.15) is 0 Å². The number of halogens is 1. The Hall–Kier alpha value is -2.81. The van der Waals surface area contributed by atoms with Gasteiger partial charge in [-0.1, -0.05) is 48.0 Å². The molecule has 0 aliphatic heterocycles. The van der Waals surface area contributed by atoms with Crippen molar-refractivity contribution < 1.29 is 4.42 Å². The molecule has 0 saturated heterocycles. The van der Waals surface area contributed by atoms with Crippen molar-refractivity contribution in [2.75, 3.05) is 0 Å². The Balaban J connectivity index is 1.57. The number of benzene rings is 4. The summed E-state index contributed by atoms with van der Waals surface area (Å²) in [7, 11) is 0. The molecule has 0 saturated carbocycles. The molecule has 3 heteroatoms. The van der Waals surface area contributed by atoms with Crippen LogP contribution >= 0.6 is 22.9 Å². The van der Waals surface area contributed by atoms with Gasteiger partial charge in [0.25, 0.3) is 0 Å². The molecule has 0 unspecified atom stereocenters. The number of rotatable bonds is 1. The molecule has 2 heterocycles. The molecule has 0 radical (unpaired) electrons. The number of hydrogen-bond donors (Lipinski definition) is 0. The van der Waals surface area contributed by atoms with E-state index in [1.165, 1.54) is 25.7 Å². The molecule has 0 spiro atoms. The number of para-hydroxylation sites is 1. The van der Waals surface area contributed by atoms with Crippen LogP contribution in [-0.4, -0.2) is 0 Å². The zero-order valence-corrected chi connectivity index (χ0v) is 15.8. The molecule has 1 nitrogen and oxygen atoms in total. The molecular weight excluding hydrogens is 372 g/mol. The quantitative estimate of drug-likeness (QED) is 0.278. The highest BCUT2D eigenvalue weighted by Gasteiger charge is 2.10. The van der Waals surface area contributed by atoms with Crippen molar-refractivity contribution in [2.45, 2.75) is 0 Å². The molecule has 6 rings (SSSR count). The van der Waals surface area contributed by atoms with Gasteiger partial charge in [0.1, 0.15) is 11.2 Å². The summed E-state index contributed by atoms with van der Waals surface area (Å²) in [5, 5.41) is 5.63. The third-order valence-electron chi connectivity index (χ3n) is 5.15. The van der Waals surface area contributed by atoms with Crippen LogP contribution in [0.4, 0.5) is 0 Å². The molecule has 0 fully saturated rings. The Labute approximate surface area is 164 Å². The van der Waals surface area contributed by atoms with Crippen molar-refractivity contribution in [1.82, 2.24) is 0 Å². The minimum Gasteiger partial charge on any atom is -0.456 e. The van der Waals surface area contributed by atoms with Gasteiger partial charge in [0.15, 0.2) is 0 Å². The van der Waals surface area contributed by atoms with E-state index in [-0.39, 0.29) is 0 Å². The highest BCUT2D eigenvalue weighted by molar-refractivity contribution is 7.25. The first-order valence-electron chi connectivity index (χ1n) is 8.80. The predicted molar refractivity (Wildman–Crippen MR) is 117 cm³/mol. The monoisotopic (exact) mass is 384 g/mol. The normalized spacial score (nSPS) is 11.9. The van der Waals surface area contributed by atoms with E-state index in [0.717, 1.165) is 32.5 Å². The molecule has 27 heavy (non-hydrogen) atoms. The number of thiophene rings is 1. The molecule has 0 aliphatic carbocycles. The highest BCUT2D eigenvalue weighted by atomic mass is 35.5. The molecule has 128 valence electrons. The van der Waals surface area contributed by atoms with Crippen LogP contribution in [0, 0.1) is 0 Å². The van der Waals surface area contributed by atoms with E-state index >= 15 is 0 Å². The van der Waals surface area contributed by atoms with E-state index in [0.29, 0.717) is 0 Å². The molecule has 2 aromatic heterocycles. The van der Waals surface area contributed by atoms with Gasteiger partial charge in [-0.3, -0.25) is 0 Å². The molecule has 0 aliphatic rings. The third-order valence-corrected chi connectivity index (χ3v) is 6.51. The van der Waals surface area contributed by atoms with Crippen molar-refractivity contribution in [3.8, 4) is 11.1 Å². The summed E-state index contributed by atoms with van der Waals surface area (Å²) in [6.07, 6.45) is 0. The number of fused-ring (bicyclic) bond motifs is 6. The van der Waals surface area contributed by atoms with Crippen LogP contribution in [0.25, 0.3) is 53.2 Å². The van der Waals surface area contributed by atoms with E-state index in [2.05, 4.69) is 48.5 Å². The van der Waals surface area contributed by atoms with Gasteiger partial charge in [-0.15, -0.1) is 11.3 Å². The van der Waals surface area contributed by atoms with Gasteiger partial charge in [0, 0.05) is 36.0 Å². The second kappa shape index (κ2) is 5.59. The van der Waals surface area contributed by atoms with E-state index in [1.54, 1.807) is 11.3 Å². The number of hydrogen-bond acceptors (Lipinski definition) is 2. The summed E-state index contributed by atoms with van der Waals surface area (Å²) >= 11 is 7.94. The topological polar surface area (TPSA) is 13.1 Å². The average Bonchev–Trinajstić information content (AvgIpc) is 3.24. The molecule has 6 aromatic rings. The fourth-order valence-corrected chi connectivity index (χ4v) is 5.20. The zero-order valence-electron chi connectivity index (χ0n) is 14.2. The second-order valence-electron chi connectivity index (χ2n) is 6.76. The Kier molecular flexibility index (Phi) is 3.16. The van der Waals surface area contributed by atoms with Crippen molar-refractivity contribution in [2.24, 2.45) is 0 Å². The Morgan fingerprint density at radius 2 is 1.37 bits per heavy atom. The highest BCUT2D eigenvalue weighted by Crippen LogP contribution is 2.38. The SMILES string of the molecule is Clc1ccc2c(c1)sc1ccc(-c3ccc4c(c3)oc3ccccc34)cc12. The lowest BCUT2D eigenvalue weighted by Crippen LogP contribution is -1.77. The summed E-state index contributed by atoms with van der Waals surface area (Å²) in [5.41, 5.74) is 4.22. The van der Waals surface area contributed by atoms with E-state index in [9.17, 15) is 0 Å². The lowest BCUT2D eigenvalue weighted by Gasteiger charge is -2.03. The average molecular weight is 385 g/mol. The zero-order chi connectivity index (χ0) is 18.0. The maximum absolute atomic E-state index is 6.16. The van der Waals surface area contributed by atoms with Gasteiger partial charge < -0.3 is 4.42 Å². The van der Waals surface area contributed by atoms with Gasteiger partial charge in [-0.05, 0) is 53.6 Å². The van der Waals surface area contributed by atoms with Crippen LogP contribution in [0.3, 0.4) is 0 Å². The van der Waals surface area contributed by atoms with Gasteiger partial charge in [-0.25, -0.2) is 0 Å². The predicted octanol–water partition coefficient (Wildman–Crippen LogP) is 8.27. The summed E-state index contributed by atoms with van der Waals surface area (Å²) in [4.78, 5) is 0. The summed E-state index contributed by atoms with van der Waals surface area (Å²) in [6.45, 7) is 0. The maximum Gasteiger partial charge on any atom is 0.136 e. The van der Waals surface area contributed by atoms with Crippen molar-refractivity contribution in [1.29, 1.82) is 0 Å². The van der Waals surface area contributed by atoms with Gasteiger partial charge in [-0.2, -0.15) is 0 Å². The standard InChI is InChI=1S/C24H13ClOS/c25-16-7-9-19-20-11-14(6-10-23(20)27-24(19)13-16)15-5-8-18-17-3-1-2-4-21(17)26-22(18)12-15/h1-13H. The van der Waals surface area contributed by atoms with Crippen molar-refractivity contribution in [3.63, 3.8) is 0 Å². The molecule has 0 bridgehead atoms. The van der Waals surface area contributed by atoms with Crippen LogP contribution < -0.4 is 0 Å². The van der Waals surface area contributed by atoms with E-state index in [4.69, 9.17) is 16.0 Å². The summed E-state index contributed by atoms with van der Waals surface area (Å²) in [5.74, 6) is 0. The van der Waals surface area contributed by atoms with Crippen LogP contribution in [-0.2, 0) is 0 Å². The van der Waals surface area contributed by atoms with Gasteiger partial charge in [0.05, 0.1) is 0 Å². The second-order valence-corrected chi connectivity index (χ2v) is 8.28. The van der Waals surface area contributed by atoms with Crippen LogP contribution in [0.15, 0.2) is 83.3 Å². The lowest BCUT2D eigenvalue weighted by molar-refractivity contribution is 0.669. The smallest absolute Gasteiger partial charge is 0.136 e. The van der Waals surface area contributed by atoms with E-state index in [1.807, 2.05) is 30.3 Å². The number of furan rings is 1.